The molecule has 0 aliphatic rings. The van der Waals surface area contributed by atoms with Gasteiger partial charge in [-0.05, 0) is 67.4 Å². The van der Waals surface area contributed by atoms with Gasteiger partial charge in [-0.3, -0.25) is 4.79 Å². The number of rotatable bonds is 6. The number of ether oxygens (including phenoxy) is 2. The maximum absolute atomic E-state index is 12.1. The topological polar surface area (TPSA) is 47.6 Å². The number of nitrogens with one attached hydrogen (secondary N) is 1. The maximum atomic E-state index is 12.1. The first-order chi connectivity index (χ1) is 12.6. The van der Waals surface area contributed by atoms with Crippen molar-refractivity contribution < 1.29 is 14.3 Å². The first-order valence-corrected chi connectivity index (χ1v) is 8.43. The molecule has 0 saturated heterocycles. The van der Waals surface area contributed by atoms with Crippen LogP contribution in [0, 0.1) is 13.8 Å². The second-order valence-corrected chi connectivity index (χ2v) is 5.97. The summed E-state index contributed by atoms with van der Waals surface area (Å²) in [6.45, 7) is 3.96. The second-order valence-electron chi connectivity index (χ2n) is 5.97. The van der Waals surface area contributed by atoms with Gasteiger partial charge in [-0.15, -0.1) is 0 Å². The largest absolute Gasteiger partial charge is 0.483 e. The summed E-state index contributed by atoms with van der Waals surface area (Å²) in [5, 5.41) is 2.82. The number of carbonyl (C=O) groups excluding carboxylic acids is 1. The van der Waals surface area contributed by atoms with Gasteiger partial charge in [0.1, 0.15) is 17.2 Å². The molecule has 0 unspecified atom stereocenters. The molecule has 132 valence electrons. The molecule has 3 aromatic carbocycles. The minimum atomic E-state index is -0.206. The van der Waals surface area contributed by atoms with Crippen molar-refractivity contribution in [2.24, 2.45) is 0 Å². The molecular weight excluding hydrogens is 326 g/mol. The van der Waals surface area contributed by atoms with Crippen LogP contribution in [0.2, 0.25) is 0 Å². The lowest BCUT2D eigenvalue weighted by Crippen LogP contribution is -2.20. The van der Waals surface area contributed by atoms with Gasteiger partial charge in [-0.1, -0.05) is 30.3 Å². The van der Waals surface area contributed by atoms with Crippen LogP contribution in [0.15, 0.2) is 72.8 Å². The second kappa shape index (κ2) is 8.21. The fraction of sp³-hybridized carbons (Fsp3) is 0.136. The predicted molar refractivity (Wildman–Crippen MR) is 103 cm³/mol. The fourth-order valence-electron chi connectivity index (χ4n) is 2.45. The molecule has 3 rings (SSSR count). The van der Waals surface area contributed by atoms with Crippen LogP contribution in [0.25, 0.3) is 0 Å². The van der Waals surface area contributed by atoms with Crippen LogP contribution in [-0.4, -0.2) is 12.5 Å². The first-order valence-electron chi connectivity index (χ1n) is 8.43. The SMILES string of the molecule is Cc1cccc(OCC(=O)Nc2ccc(Oc3ccccc3)cc2)c1C. The maximum Gasteiger partial charge on any atom is 0.262 e. The Morgan fingerprint density at radius 2 is 1.54 bits per heavy atom. The third-order valence-electron chi connectivity index (χ3n) is 4.03. The third kappa shape index (κ3) is 4.63. The summed E-state index contributed by atoms with van der Waals surface area (Å²) in [5.41, 5.74) is 2.87. The monoisotopic (exact) mass is 347 g/mol. The summed E-state index contributed by atoms with van der Waals surface area (Å²) < 4.78 is 11.3. The van der Waals surface area contributed by atoms with E-state index in [1.54, 1.807) is 12.1 Å². The van der Waals surface area contributed by atoms with Crippen molar-refractivity contribution in [3.63, 3.8) is 0 Å². The Morgan fingerprint density at radius 1 is 0.846 bits per heavy atom. The van der Waals surface area contributed by atoms with Crippen LogP contribution in [0.3, 0.4) is 0 Å². The van der Waals surface area contributed by atoms with Crippen molar-refractivity contribution in [1.29, 1.82) is 0 Å². The number of benzene rings is 3. The number of aryl methyl sites for hydroxylation is 1. The highest BCUT2D eigenvalue weighted by Crippen LogP contribution is 2.23. The average molecular weight is 347 g/mol. The first kappa shape index (κ1) is 17.5. The number of para-hydroxylation sites is 1. The Balaban J connectivity index is 1.53. The molecule has 0 atom stereocenters. The molecule has 0 aliphatic carbocycles. The zero-order valence-corrected chi connectivity index (χ0v) is 14.9. The number of hydrogen-bond acceptors (Lipinski definition) is 3. The van der Waals surface area contributed by atoms with Crippen LogP contribution in [0.5, 0.6) is 17.2 Å². The van der Waals surface area contributed by atoms with Gasteiger partial charge in [-0.25, -0.2) is 0 Å². The average Bonchev–Trinajstić information content (AvgIpc) is 2.65. The Kier molecular flexibility index (Phi) is 5.54. The Morgan fingerprint density at radius 3 is 2.27 bits per heavy atom. The van der Waals surface area contributed by atoms with Gasteiger partial charge in [0.25, 0.3) is 5.91 Å². The lowest BCUT2D eigenvalue weighted by molar-refractivity contribution is -0.118. The van der Waals surface area contributed by atoms with E-state index in [0.29, 0.717) is 11.4 Å². The minimum absolute atomic E-state index is 0.0352. The van der Waals surface area contributed by atoms with Gasteiger partial charge in [-0.2, -0.15) is 0 Å². The number of hydrogen-bond donors (Lipinski definition) is 1. The van der Waals surface area contributed by atoms with E-state index in [-0.39, 0.29) is 12.5 Å². The molecule has 26 heavy (non-hydrogen) atoms. The van der Waals surface area contributed by atoms with E-state index in [2.05, 4.69) is 5.32 Å². The molecule has 1 N–H and O–H groups in total. The number of amides is 1. The Hall–Kier alpha value is -3.27. The fourth-order valence-corrected chi connectivity index (χ4v) is 2.45. The summed E-state index contributed by atoms with van der Waals surface area (Å²) in [5.74, 6) is 2.00. The van der Waals surface area contributed by atoms with Crippen LogP contribution >= 0.6 is 0 Å². The molecule has 4 nitrogen and oxygen atoms in total. The van der Waals surface area contributed by atoms with Gasteiger partial charge in [0.05, 0.1) is 0 Å². The van der Waals surface area contributed by atoms with E-state index in [1.165, 1.54) is 0 Å². The lowest BCUT2D eigenvalue weighted by atomic mass is 10.1. The zero-order valence-electron chi connectivity index (χ0n) is 14.9. The number of carbonyl (C=O) groups is 1. The van der Waals surface area contributed by atoms with Crippen LogP contribution in [-0.2, 0) is 4.79 Å². The van der Waals surface area contributed by atoms with Crippen LogP contribution in [0.1, 0.15) is 11.1 Å². The molecule has 1 amide bonds. The normalized spacial score (nSPS) is 10.2. The van der Waals surface area contributed by atoms with Crippen LogP contribution in [0.4, 0.5) is 5.69 Å². The smallest absolute Gasteiger partial charge is 0.262 e. The summed E-state index contributed by atoms with van der Waals surface area (Å²) in [6.07, 6.45) is 0. The highest BCUT2D eigenvalue weighted by molar-refractivity contribution is 5.91. The molecular formula is C22H21NO3. The van der Waals surface area contributed by atoms with Gasteiger partial charge < -0.3 is 14.8 Å². The highest BCUT2D eigenvalue weighted by Gasteiger charge is 2.07. The van der Waals surface area contributed by atoms with Crippen molar-refractivity contribution in [3.8, 4) is 17.2 Å². The predicted octanol–water partition coefficient (Wildman–Crippen LogP) is 5.11. The summed E-state index contributed by atoms with van der Waals surface area (Å²) in [7, 11) is 0. The molecule has 0 radical (unpaired) electrons. The Labute approximate surface area is 153 Å². The van der Waals surface area contributed by atoms with Crippen molar-refractivity contribution in [2.45, 2.75) is 13.8 Å². The standard InChI is InChI=1S/C22H21NO3/c1-16-7-6-10-21(17(16)2)25-15-22(24)23-18-11-13-20(14-12-18)26-19-8-4-3-5-9-19/h3-14H,15H2,1-2H3,(H,23,24). The summed E-state index contributed by atoms with van der Waals surface area (Å²) >= 11 is 0. The molecule has 0 saturated carbocycles. The molecule has 0 bridgehead atoms. The quantitative estimate of drug-likeness (QED) is 0.674. The van der Waals surface area contributed by atoms with Gasteiger partial charge in [0, 0.05) is 5.69 Å². The van der Waals surface area contributed by atoms with Crippen molar-refractivity contribution >= 4 is 11.6 Å². The number of anilines is 1. The van der Waals surface area contributed by atoms with E-state index in [0.717, 1.165) is 22.6 Å². The van der Waals surface area contributed by atoms with Gasteiger partial charge in [0.2, 0.25) is 0 Å². The lowest BCUT2D eigenvalue weighted by Gasteiger charge is -2.11. The molecule has 0 aromatic heterocycles. The third-order valence-corrected chi connectivity index (χ3v) is 4.03. The van der Waals surface area contributed by atoms with Gasteiger partial charge in [0.15, 0.2) is 6.61 Å². The van der Waals surface area contributed by atoms with E-state index < -0.39 is 0 Å². The van der Waals surface area contributed by atoms with Crippen molar-refractivity contribution in [2.75, 3.05) is 11.9 Å². The van der Waals surface area contributed by atoms with Crippen molar-refractivity contribution in [3.05, 3.63) is 83.9 Å². The van der Waals surface area contributed by atoms with E-state index in [9.17, 15) is 4.79 Å². The molecule has 3 aromatic rings. The molecule has 0 spiro atoms. The van der Waals surface area contributed by atoms with E-state index in [1.807, 2.05) is 74.5 Å². The Bertz CT molecular complexity index is 874. The zero-order chi connectivity index (χ0) is 18.4. The minimum Gasteiger partial charge on any atom is -0.483 e. The summed E-state index contributed by atoms with van der Waals surface area (Å²) in [6, 6.07) is 22.6. The summed E-state index contributed by atoms with van der Waals surface area (Å²) in [4.78, 5) is 12.1. The van der Waals surface area contributed by atoms with E-state index in [4.69, 9.17) is 9.47 Å². The highest BCUT2D eigenvalue weighted by atomic mass is 16.5. The van der Waals surface area contributed by atoms with Gasteiger partial charge >= 0.3 is 0 Å². The van der Waals surface area contributed by atoms with Crippen molar-refractivity contribution in [1.82, 2.24) is 0 Å². The molecule has 4 heteroatoms. The molecule has 0 heterocycles. The van der Waals surface area contributed by atoms with Crippen LogP contribution < -0.4 is 14.8 Å². The van der Waals surface area contributed by atoms with E-state index >= 15 is 0 Å². The molecule has 0 aliphatic heterocycles. The molecule has 0 fully saturated rings.